The van der Waals surface area contributed by atoms with Crippen LogP contribution in [-0.2, 0) is 9.53 Å². The fourth-order valence-electron chi connectivity index (χ4n) is 2.20. The second-order valence-corrected chi connectivity index (χ2v) is 6.23. The molecule has 122 valence electrons. The minimum Gasteiger partial charge on any atom is -0.452 e. The molecule has 3 rings (SSSR count). The number of fused-ring (bicyclic) bond motifs is 1. The summed E-state index contributed by atoms with van der Waals surface area (Å²) in [6.45, 7) is 1.31. The summed E-state index contributed by atoms with van der Waals surface area (Å²) in [5.41, 5.74) is 1.81. The van der Waals surface area contributed by atoms with Crippen LogP contribution in [0.1, 0.15) is 16.1 Å². The van der Waals surface area contributed by atoms with E-state index in [9.17, 15) is 9.59 Å². The van der Waals surface area contributed by atoms with E-state index in [2.05, 4.69) is 38.0 Å². The molecule has 1 aromatic carbocycles. The minimum atomic E-state index is -0.626. The van der Waals surface area contributed by atoms with Gasteiger partial charge in [0.2, 0.25) is 0 Å². The Morgan fingerprint density at radius 2 is 2.17 bits per heavy atom. The smallest absolute Gasteiger partial charge is 0.344 e. The monoisotopic (exact) mass is 436 g/mol. The van der Waals surface area contributed by atoms with E-state index in [0.29, 0.717) is 17.0 Å². The number of nitrogens with zero attached hydrogens (tertiary/aromatic N) is 3. The topological polar surface area (TPSA) is 85.6 Å². The molecule has 0 saturated carbocycles. The highest BCUT2D eigenvalue weighted by atomic mass is 127. The largest absolute Gasteiger partial charge is 0.452 e. The Balaban J connectivity index is 1.66. The first-order chi connectivity index (χ1) is 11.5. The summed E-state index contributed by atoms with van der Waals surface area (Å²) >= 11 is 2.15. The molecule has 0 radical (unpaired) electrons. The molecule has 3 aromatic rings. The maximum Gasteiger partial charge on any atom is 0.344 e. The lowest BCUT2D eigenvalue weighted by atomic mass is 10.2. The van der Waals surface area contributed by atoms with Gasteiger partial charge in [-0.05, 0) is 53.8 Å². The molecule has 0 atom stereocenters. The number of aryl methyl sites for hydroxylation is 1. The highest BCUT2D eigenvalue weighted by molar-refractivity contribution is 14.1. The molecule has 0 aliphatic carbocycles. The Kier molecular flexibility index (Phi) is 4.74. The number of carbonyl (C=O) groups is 2. The van der Waals surface area contributed by atoms with Gasteiger partial charge in [-0.1, -0.05) is 6.07 Å². The molecule has 7 nitrogen and oxygen atoms in total. The van der Waals surface area contributed by atoms with Crippen LogP contribution in [0, 0.1) is 10.5 Å². The summed E-state index contributed by atoms with van der Waals surface area (Å²) in [6.07, 6.45) is 3.26. The molecule has 8 heteroatoms. The third-order valence-electron chi connectivity index (χ3n) is 3.22. The van der Waals surface area contributed by atoms with E-state index in [1.165, 1.54) is 4.52 Å². The van der Waals surface area contributed by atoms with Crippen molar-refractivity contribution < 1.29 is 14.3 Å². The van der Waals surface area contributed by atoms with Gasteiger partial charge in [0, 0.05) is 21.7 Å². The number of nitrogens with one attached hydrogen (secondary N) is 1. The van der Waals surface area contributed by atoms with Crippen LogP contribution in [-0.4, -0.2) is 33.1 Å². The molecule has 2 heterocycles. The number of halogens is 1. The summed E-state index contributed by atoms with van der Waals surface area (Å²) in [6, 6.07) is 9.04. The second kappa shape index (κ2) is 6.95. The molecular formula is C16H13IN4O3. The van der Waals surface area contributed by atoms with Crippen molar-refractivity contribution in [3.05, 3.63) is 57.6 Å². The van der Waals surface area contributed by atoms with Crippen molar-refractivity contribution in [1.29, 1.82) is 0 Å². The number of benzene rings is 1. The zero-order valence-electron chi connectivity index (χ0n) is 12.7. The van der Waals surface area contributed by atoms with Gasteiger partial charge in [-0.25, -0.2) is 14.3 Å². The van der Waals surface area contributed by atoms with Gasteiger partial charge in [-0.15, -0.1) is 0 Å². The van der Waals surface area contributed by atoms with E-state index in [1.54, 1.807) is 31.5 Å². The first-order valence-corrected chi connectivity index (χ1v) is 8.15. The average molecular weight is 436 g/mol. The van der Waals surface area contributed by atoms with Crippen molar-refractivity contribution in [2.24, 2.45) is 0 Å². The van der Waals surface area contributed by atoms with Crippen LogP contribution in [0.25, 0.3) is 5.65 Å². The molecule has 0 aliphatic rings. The molecule has 0 unspecified atom stereocenters. The van der Waals surface area contributed by atoms with E-state index >= 15 is 0 Å². The Hall–Kier alpha value is -2.49. The standard InChI is InChI=1S/C16H13IN4O3/c1-10-14(15-18-6-3-7-21(15)20-10)16(23)24-9-13(22)19-12-5-2-4-11(17)8-12/h2-8H,9H2,1H3,(H,19,22). The number of rotatable bonds is 4. The maximum atomic E-state index is 12.3. The predicted molar refractivity (Wildman–Crippen MR) is 95.8 cm³/mol. The first-order valence-electron chi connectivity index (χ1n) is 7.07. The number of esters is 1. The number of hydrogen-bond acceptors (Lipinski definition) is 5. The lowest BCUT2D eigenvalue weighted by molar-refractivity contribution is -0.119. The van der Waals surface area contributed by atoms with Crippen molar-refractivity contribution in [2.45, 2.75) is 6.92 Å². The van der Waals surface area contributed by atoms with Gasteiger partial charge in [-0.3, -0.25) is 4.79 Å². The Morgan fingerprint density at radius 3 is 2.96 bits per heavy atom. The van der Waals surface area contributed by atoms with Crippen molar-refractivity contribution in [2.75, 3.05) is 11.9 Å². The van der Waals surface area contributed by atoms with Crippen LogP contribution >= 0.6 is 22.6 Å². The summed E-state index contributed by atoms with van der Waals surface area (Å²) in [5.74, 6) is -1.04. The summed E-state index contributed by atoms with van der Waals surface area (Å²) in [5, 5.41) is 6.87. The molecule has 0 aliphatic heterocycles. The third-order valence-corrected chi connectivity index (χ3v) is 3.89. The molecule has 0 fully saturated rings. The lowest BCUT2D eigenvalue weighted by Crippen LogP contribution is -2.21. The van der Waals surface area contributed by atoms with Gasteiger partial charge >= 0.3 is 5.97 Å². The van der Waals surface area contributed by atoms with Crippen LogP contribution in [0.15, 0.2) is 42.7 Å². The SMILES string of the molecule is Cc1nn2cccnc2c1C(=O)OCC(=O)Nc1cccc(I)c1. The van der Waals surface area contributed by atoms with Gasteiger partial charge in [0.05, 0.1) is 5.69 Å². The zero-order chi connectivity index (χ0) is 17.1. The molecule has 0 saturated heterocycles. The van der Waals surface area contributed by atoms with Crippen molar-refractivity contribution in [3.63, 3.8) is 0 Å². The van der Waals surface area contributed by atoms with E-state index in [1.807, 2.05) is 18.2 Å². The van der Waals surface area contributed by atoms with Crippen molar-refractivity contribution >= 4 is 45.8 Å². The highest BCUT2D eigenvalue weighted by Crippen LogP contribution is 2.15. The first kappa shape index (κ1) is 16.4. The number of aromatic nitrogens is 3. The molecule has 2 aromatic heterocycles. The Labute approximate surface area is 151 Å². The van der Waals surface area contributed by atoms with Crippen LogP contribution in [0.4, 0.5) is 5.69 Å². The molecule has 1 amide bonds. The normalized spacial score (nSPS) is 10.6. The fourth-order valence-corrected chi connectivity index (χ4v) is 2.75. The van der Waals surface area contributed by atoms with E-state index < -0.39 is 11.9 Å². The van der Waals surface area contributed by atoms with Crippen LogP contribution in [0.2, 0.25) is 0 Å². The van der Waals surface area contributed by atoms with Gasteiger partial charge in [0.1, 0.15) is 5.56 Å². The second-order valence-electron chi connectivity index (χ2n) is 4.98. The summed E-state index contributed by atoms with van der Waals surface area (Å²) < 4.78 is 7.59. The van der Waals surface area contributed by atoms with Gasteiger partial charge < -0.3 is 10.1 Å². The minimum absolute atomic E-state index is 0.262. The van der Waals surface area contributed by atoms with Gasteiger partial charge in [0.25, 0.3) is 5.91 Å². The molecule has 0 bridgehead atoms. The summed E-state index contributed by atoms with van der Waals surface area (Å²) in [4.78, 5) is 28.3. The Bertz CT molecular complexity index is 923. The Morgan fingerprint density at radius 1 is 1.33 bits per heavy atom. The third kappa shape index (κ3) is 3.53. The molecular weight excluding hydrogens is 423 g/mol. The van der Waals surface area contributed by atoms with Gasteiger partial charge in [-0.2, -0.15) is 5.10 Å². The van der Waals surface area contributed by atoms with Gasteiger partial charge in [0.15, 0.2) is 12.3 Å². The zero-order valence-corrected chi connectivity index (χ0v) is 14.9. The quantitative estimate of drug-likeness (QED) is 0.502. The average Bonchev–Trinajstić information content (AvgIpc) is 2.88. The number of amides is 1. The number of ether oxygens (including phenoxy) is 1. The fraction of sp³-hybridized carbons (Fsp3) is 0.125. The van der Waals surface area contributed by atoms with Crippen molar-refractivity contribution in [1.82, 2.24) is 14.6 Å². The van der Waals surface area contributed by atoms with E-state index in [4.69, 9.17) is 4.74 Å². The lowest BCUT2D eigenvalue weighted by Gasteiger charge is -2.06. The maximum absolute atomic E-state index is 12.3. The van der Waals surface area contributed by atoms with E-state index in [-0.39, 0.29) is 12.2 Å². The highest BCUT2D eigenvalue weighted by Gasteiger charge is 2.20. The van der Waals surface area contributed by atoms with E-state index in [0.717, 1.165) is 3.57 Å². The molecule has 24 heavy (non-hydrogen) atoms. The van der Waals surface area contributed by atoms with Crippen LogP contribution in [0.3, 0.4) is 0 Å². The number of carbonyl (C=O) groups excluding carboxylic acids is 2. The summed E-state index contributed by atoms with van der Waals surface area (Å²) in [7, 11) is 0. The number of hydrogen-bond donors (Lipinski definition) is 1. The van der Waals surface area contributed by atoms with Crippen LogP contribution in [0.5, 0.6) is 0 Å². The van der Waals surface area contributed by atoms with Crippen molar-refractivity contribution in [3.8, 4) is 0 Å². The number of anilines is 1. The molecule has 1 N–H and O–H groups in total. The predicted octanol–water partition coefficient (Wildman–Crippen LogP) is 2.44. The molecule has 0 spiro atoms. The van der Waals surface area contributed by atoms with Crippen LogP contribution < -0.4 is 5.32 Å².